The molecule has 5 nitrogen and oxygen atoms in total. The van der Waals surface area contributed by atoms with Gasteiger partial charge in [0.2, 0.25) is 0 Å². The van der Waals surface area contributed by atoms with Crippen LogP contribution < -0.4 is 15.4 Å². The van der Waals surface area contributed by atoms with Gasteiger partial charge in [0, 0.05) is 12.0 Å². The molecule has 20 heavy (non-hydrogen) atoms. The Bertz CT molecular complexity index is 756. The van der Waals surface area contributed by atoms with E-state index >= 15 is 0 Å². The van der Waals surface area contributed by atoms with Crippen molar-refractivity contribution in [3.8, 4) is 5.75 Å². The van der Waals surface area contributed by atoms with Crippen molar-refractivity contribution in [1.82, 2.24) is 10.6 Å². The number of carbonyl (C=O) groups is 2. The van der Waals surface area contributed by atoms with Crippen LogP contribution in [-0.2, 0) is 10.3 Å². The van der Waals surface area contributed by atoms with Crippen molar-refractivity contribution in [2.45, 2.75) is 12.0 Å². The van der Waals surface area contributed by atoms with Crippen LogP contribution in [-0.4, -0.2) is 18.5 Å². The molecule has 1 saturated heterocycles. The molecule has 2 aliphatic rings. The highest BCUT2D eigenvalue weighted by molar-refractivity contribution is 6.10. The summed E-state index contributed by atoms with van der Waals surface area (Å²) in [6.45, 7) is 0.402. The first-order chi connectivity index (χ1) is 9.71. The predicted octanol–water partition coefficient (Wildman–Crippen LogP) is 1.66. The molecule has 1 unspecified atom stereocenters. The van der Waals surface area contributed by atoms with Crippen LogP contribution in [0.25, 0.3) is 10.8 Å². The van der Waals surface area contributed by atoms with Crippen LogP contribution >= 0.6 is 0 Å². The third-order valence-corrected chi connectivity index (χ3v) is 3.99. The molecular formula is C15H12N2O3. The van der Waals surface area contributed by atoms with Gasteiger partial charge in [-0.05, 0) is 16.8 Å². The average Bonchev–Trinajstić information content (AvgIpc) is 2.73. The minimum absolute atomic E-state index is 0.302. The third kappa shape index (κ3) is 1.32. The first kappa shape index (κ1) is 11.3. The highest BCUT2D eigenvalue weighted by atomic mass is 16.5. The number of hydrogen-bond donors (Lipinski definition) is 2. The molecule has 2 aromatic carbocycles. The molecule has 0 saturated carbocycles. The maximum atomic E-state index is 12.3. The van der Waals surface area contributed by atoms with Crippen LogP contribution in [0.3, 0.4) is 0 Å². The van der Waals surface area contributed by atoms with E-state index in [1.807, 2.05) is 36.4 Å². The van der Waals surface area contributed by atoms with Crippen molar-refractivity contribution in [3.05, 3.63) is 42.0 Å². The fourth-order valence-electron chi connectivity index (χ4n) is 3.09. The molecule has 100 valence electrons. The molecule has 1 fully saturated rings. The summed E-state index contributed by atoms with van der Waals surface area (Å²) in [7, 11) is 0. The summed E-state index contributed by atoms with van der Waals surface area (Å²) in [5, 5.41) is 7.08. The molecule has 2 aromatic rings. The fraction of sp³-hybridized carbons (Fsp3) is 0.200. The molecule has 0 bridgehead atoms. The molecule has 2 aliphatic heterocycles. The molecule has 4 rings (SSSR count). The van der Waals surface area contributed by atoms with E-state index in [2.05, 4.69) is 10.6 Å². The number of benzene rings is 2. The van der Waals surface area contributed by atoms with Gasteiger partial charge in [-0.3, -0.25) is 10.1 Å². The zero-order valence-corrected chi connectivity index (χ0v) is 10.6. The van der Waals surface area contributed by atoms with Gasteiger partial charge < -0.3 is 10.1 Å². The number of urea groups is 1. The molecule has 1 spiro atoms. The number of rotatable bonds is 0. The van der Waals surface area contributed by atoms with E-state index in [0.717, 1.165) is 16.3 Å². The van der Waals surface area contributed by atoms with Gasteiger partial charge in [-0.25, -0.2) is 4.79 Å². The number of fused-ring (bicyclic) bond motifs is 4. The largest absolute Gasteiger partial charge is 0.493 e. The van der Waals surface area contributed by atoms with Gasteiger partial charge in [-0.2, -0.15) is 0 Å². The molecule has 2 N–H and O–H groups in total. The maximum Gasteiger partial charge on any atom is 0.322 e. The quantitative estimate of drug-likeness (QED) is 0.714. The summed E-state index contributed by atoms with van der Waals surface area (Å²) in [6, 6.07) is 11.2. The van der Waals surface area contributed by atoms with Crippen molar-refractivity contribution in [1.29, 1.82) is 0 Å². The second kappa shape index (κ2) is 3.72. The molecule has 0 aromatic heterocycles. The topological polar surface area (TPSA) is 67.4 Å². The van der Waals surface area contributed by atoms with Crippen LogP contribution in [0.1, 0.15) is 12.0 Å². The van der Waals surface area contributed by atoms with Gasteiger partial charge in [0.15, 0.2) is 5.54 Å². The Morgan fingerprint density at radius 2 is 1.95 bits per heavy atom. The number of hydrogen-bond acceptors (Lipinski definition) is 3. The molecule has 0 radical (unpaired) electrons. The van der Waals surface area contributed by atoms with Crippen molar-refractivity contribution in [2.75, 3.05) is 6.61 Å². The van der Waals surface area contributed by atoms with Crippen molar-refractivity contribution in [2.24, 2.45) is 0 Å². The van der Waals surface area contributed by atoms with Crippen LogP contribution in [0.2, 0.25) is 0 Å². The highest BCUT2D eigenvalue weighted by Gasteiger charge is 2.51. The second-order valence-electron chi connectivity index (χ2n) is 5.07. The van der Waals surface area contributed by atoms with Crippen molar-refractivity contribution < 1.29 is 14.3 Å². The van der Waals surface area contributed by atoms with Crippen LogP contribution in [0.5, 0.6) is 5.75 Å². The average molecular weight is 268 g/mol. The summed E-state index contributed by atoms with van der Waals surface area (Å²) in [5.41, 5.74) is -0.254. The van der Waals surface area contributed by atoms with Gasteiger partial charge in [0.1, 0.15) is 5.75 Å². The normalized spacial score (nSPS) is 24.2. The summed E-state index contributed by atoms with van der Waals surface area (Å²) >= 11 is 0. The molecular weight excluding hydrogens is 256 g/mol. The lowest BCUT2D eigenvalue weighted by Gasteiger charge is -2.33. The Balaban J connectivity index is 2.07. The van der Waals surface area contributed by atoms with E-state index in [-0.39, 0.29) is 5.91 Å². The van der Waals surface area contributed by atoms with E-state index in [1.165, 1.54) is 0 Å². The molecule has 3 amide bonds. The monoisotopic (exact) mass is 268 g/mol. The smallest absolute Gasteiger partial charge is 0.322 e. The number of imide groups is 1. The van der Waals surface area contributed by atoms with E-state index in [4.69, 9.17) is 4.74 Å². The van der Waals surface area contributed by atoms with Crippen LogP contribution in [0.4, 0.5) is 4.79 Å². The first-order valence-corrected chi connectivity index (χ1v) is 6.49. The first-order valence-electron chi connectivity index (χ1n) is 6.49. The van der Waals surface area contributed by atoms with E-state index < -0.39 is 11.6 Å². The predicted molar refractivity (Wildman–Crippen MR) is 72.4 cm³/mol. The minimum atomic E-state index is -1.01. The number of ether oxygens (including phenoxy) is 1. The summed E-state index contributed by atoms with van der Waals surface area (Å²) < 4.78 is 5.67. The van der Waals surface area contributed by atoms with Gasteiger partial charge in [0.25, 0.3) is 5.91 Å². The summed E-state index contributed by atoms with van der Waals surface area (Å²) in [4.78, 5) is 23.9. The van der Waals surface area contributed by atoms with Crippen LogP contribution in [0.15, 0.2) is 36.4 Å². The zero-order chi connectivity index (χ0) is 13.7. The Labute approximate surface area is 114 Å². The minimum Gasteiger partial charge on any atom is -0.493 e. The summed E-state index contributed by atoms with van der Waals surface area (Å²) in [5.74, 6) is 0.357. The number of nitrogens with one attached hydrogen (secondary N) is 2. The van der Waals surface area contributed by atoms with E-state index in [1.54, 1.807) is 0 Å². The number of carbonyl (C=O) groups excluding carboxylic acids is 2. The van der Waals surface area contributed by atoms with E-state index in [9.17, 15) is 9.59 Å². The SMILES string of the molecule is O=C1NC(=O)C2(CCOc3ccc4ccccc4c32)N1. The third-order valence-electron chi connectivity index (χ3n) is 3.99. The maximum absolute atomic E-state index is 12.3. The zero-order valence-electron chi connectivity index (χ0n) is 10.6. The highest BCUT2D eigenvalue weighted by Crippen LogP contribution is 2.43. The second-order valence-corrected chi connectivity index (χ2v) is 5.07. The lowest BCUT2D eigenvalue weighted by Crippen LogP contribution is -2.47. The van der Waals surface area contributed by atoms with Gasteiger partial charge in [0.05, 0.1) is 6.61 Å². The fourth-order valence-corrected chi connectivity index (χ4v) is 3.09. The van der Waals surface area contributed by atoms with Gasteiger partial charge >= 0.3 is 6.03 Å². The lowest BCUT2D eigenvalue weighted by molar-refractivity contribution is -0.125. The standard InChI is InChI=1S/C15H12N2O3/c18-13-15(17-14(19)16-13)7-8-20-11-6-5-9-3-1-2-4-10(9)12(11)15/h1-6H,7-8H2,(H2,16,17,18,19). The molecule has 1 atom stereocenters. The molecule has 0 aliphatic carbocycles. The Kier molecular flexibility index (Phi) is 2.10. The Morgan fingerprint density at radius 1 is 1.10 bits per heavy atom. The Hall–Kier alpha value is -2.56. The van der Waals surface area contributed by atoms with Crippen LogP contribution in [0, 0.1) is 0 Å². The molecule has 2 heterocycles. The van der Waals surface area contributed by atoms with E-state index in [0.29, 0.717) is 18.8 Å². The van der Waals surface area contributed by atoms with Crippen molar-refractivity contribution >= 4 is 22.7 Å². The Morgan fingerprint density at radius 3 is 2.75 bits per heavy atom. The van der Waals surface area contributed by atoms with Gasteiger partial charge in [-0.1, -0.05) is 30.3 Å². The number of amides is 3. The molecule has 5 heteroatoms. The van der Waals surface area contributed by atoms with Gasteiger partial charge in [-0.15, -0.1) is 0 Å². The lowest BCUT2D eigenvalue weighted by atomic mass is 9.81. The summed E-state index contributed by atoms with van der Waals surface area (Å²) in [6.07, 6.45) is 0.436. The van der Waals surface area contributed by atoms with Crippen molar-refractivity contribution in [3.63, 3.8) is 0 Å².